The number of nitrogens with zero attached hydrogens (tertiary/aromatic N) is 3. The summed E-state index contributed by atoms with van der Waals surface area (Å²) in [6.45, 7) is 9.23. The van der Waals surface area contributed by atoms with Crippen molar-refractivity contribution < 1.29 is 8.60 Å². The molecule has 0 radical (unpaired) electrons. The van der Waals surface area contributed by atoms with Gasteiger partial charge in [-0.2, -0.15) is 9.50 Å². The van der Waals surface area contributed by atoms with Crippen molar-refractivity contribution in [3.8, 4) is 5.69 Å². The first-order valence-electron chi connectivity index (χ1n) is 6.99. The molecule has 1 atom stereocenters. The van der Waals surface area contributed by atoms with E-state index in [-0.39, 0.29) is 5.82 Å². The maximum atomic E-state index is 13.8. The molecule has 0 aliphatic heterocycles. The van der Waals surface area contributed by atoms with Crippen molar-refractivity contribution >= 4 is 16.7 Å². The first kappa shape index (κ1) is 16.5. The Labute approximate surface area is 132 Å². The molecule has 0 spiro atoms. The van der Waals surface area contributed by atoms with Gasteiger partial charge in [-0.1, -0.05) is 12.1 Å². The SMILES string of the molecule is C/C(=N\[S@](=O)C(C)(C)C)c1cn(-c2ccccc2F)nc1C. The minimum Gasteiger partial charge on any atom is -0.237 e. The molecular weight excluding hydrogens is 301 g/mol. The Kier molecular flexibility index (Phi) is 4.60. The molecule has 118 valence electrons. The number of hydrogen-bond donors (Lipinski definition) is 0. The van der Waals surface area contributed by atoms with E-state index in [2.05, 4.69) is 9.50 Å². The second-order valence-electron chi connectivity index (χ2n) is 6.06. The van der Waals surface area contributed by atoms with Gasteiger partial charge in [-0.25, -0.2) is 13.3 Å². The number of para-hydroxylation sites is 1. The third kappa shape index (κ3) is 3.50. The Morgan fingerprint density at radius 2 is 1.95 bits per heavy atom. The van der Waals surface area contributed by atoms with Crippen LogP contribution in [0.25, 0.3) is 5.69 Å². The molecule has 2 aromatic rings. The molecule has 0 aliphatic rings. The molecular formula is C16H20FN3OS. The molecule has 22 heavy (non-hydrogen) atoms. The van der Waals surface area contributed by atoms with Crippen LogP contribution in [0.2, 0.25) is 0 Å². The highest BCUT2D eigenvalue weighted by Crippen LogP contribution is 2.18. The number of hydrogen-bond acceptors (Lipinski definition) is 2. The molecule has 1 aromatic heterocycles. The highest BCUT2D eigenvalue weighted by molar-refractivity contribution is 7.85. The van der Waals surface area contributed by atoms with Gasteiger partial charge in [-0.3, -0.25) is 0 Å². The van der Waals surface area contributed by atoms with Crippen LogP contribution < -0.4 is 0 Å². The topological polar surface area (TPSA) is 47.2 Å². The van der Waals surface area contributed by atoms with Crippen molar-refractivity contribution in [2.75, 3.05) is 0 Å². The number of aryl methyl sites for hydroxylation is 1. The summed E-state index contributed by atoms with van der Waals surface area (Å²) < 4.78 is 31.3. The Morgan fingerprint density at radius 3 is 2.55 bits per heavy atom. The summed E-state index contributed by atoms with van der Waals surface area (Å²) >= 11 is 0. The number of rotatable bonds is 3. The van der Waals surface area contributed by atoms with Crippen LogP contribution >= 0.6 is 0 Å². The van der Waals surface area contributed by atoms with Crippen molar-refractivity contribution in [2.45, 2.75) is 39.4 Å². The van der Waals surface area contributed by atoms with E-state index in [0.717, 1.165) is 11.3 Å². The molecule has 0 saturated carbocycles. The van der Waals surface area contributed by atoms with Gasteiger partial charge in [-0.05, 0) is 46.8 Å². The number of benzene rings is 1. The maximum Gasteiger partial charge on any atom is 0.148 e. The van der Waals surface area contributed by atoms with Crippen LogP contribution in [-0.4, -0.2) is 24.4 Å². The average Bonchev–Trinajstić information content (AvgIpc) is 2.80. The van der Waals surface area contributed by atoms with E-state index >= 15 is 0 Å². The van der Waals surface area contributed by atoms with Gasteiger partial charge in [0.2, 0.25) is 0 Å². The zero-order valence-corrected chi connectivity index (χ0v) is 14.2. The predicted molar refractivity (Wildman–Crippen MR) is 88.4 cm³/mol. The van der Waals surface area contributed by atoms with Crippen molar-refractivity contribution in [1.82, 2.24) is 9.78 Å². The summed E-state index contributed by atoms with van der Waals surface area (Å²) in [7, 11) is -1.34. The maximum absolute atomic E-state index is 13.8. The highest BCUT2D eigenvalue weighted by atomic mass is 32.2. The normalized spacial score (nSPS) is 14.2. The zero-order chi connectivity index (χ0) is 16.5. The fourth-order valence-corrected chi connectivity index (χ4v) is 2.51. The standard InChI is InChI=1S/C16H20FN3OS/c1-11-13(12(2)19-22(21)16(3,4)5)10-20(18-11)15-9-7-6-8-14(15)17/h6-10H,1-5H3/b19-12+/t22-/m1/s1. The van der Waals surface area contributed by atoms with Crippen LogP contribution in [0.3, 0.4) is 0 Å². The van der Waals surface area contributed by atoms with Crippen molar-refractivity contribution in [1.29, 1.82) is 0 Å². The molecule has 0 fully saturated rings. The van der Waals surface area contributed by atoms with Crippen LogP contribution in [0.15, 0.2) is 34.9 Å². The molecule has 0 amide bonds. The van der Waals surface area contributed by atoms with Gasteiger partial charge in [0.15, 0.2) is 0 Å². The van der Waals surface area contributed by atoms with Gasteiger partial charge in [0.1, 0.15) is 22.5 Å². The third-order valence-corrected chi connectivity index (χ3v) is 4.62. The van der Waals surface area contributed by atoms with E-state index in [4.69, 9.17) is 0 Å². The van der Waals surface area contributed by atoms with Gasteiger partial charge >= 0.3 is 0 Å². The molecule has 0 unspecified atom stereocenters. The first-order valence-corrected chi connectivity index (χ1v) is 8.09. The van der Waals surface area contributed by atoms with E-state index in [0.29, 0.717) is 11.4 Å². The van der Waals surface area contributed by atoms with Crippen LogP contribution in [0.4, 0.5) is 4.39 Å². The summed E-state index contributed by atoms with van der Waals surface area (Å²) in [5, 5.41) is 4.33. The lowest BCUT2D eigenvalue weighted by Gasteiger charge is -2.13. The van der Waals surface area contributed by atoms with E-state index in [1.807, 2.05) is 27.7 Å². The minimum atomic E-state index is -1.34. The van der Waals surface area contributed by atoms with Crippen LogP contribution in [-0.2, 0) is 11.0 Å². The Bertz CT molecular complexity index is 744. The largest absolute Gasteiger partial charge is 0.237 e. The molecule has 6 heteroatoms. The fraction of sp³-hybridized carbons (Fsp3) is 0.375. The monoisotopic (exact) mass is 321 g/mol. The van der Waals surface area contributed by atoms with Crippen LogP contribution in [0.1, 0.15) is 39.0 Å². The van der Waals surface area contributed by atoms with Crippen molar-refractivity contribution in [3.63, 3.8) is 0 Å². The lowest BCUT2D eigenvalue weighted by molar-refractivity contribution is 0.610. The van der Waals surface area contributed by atoms with Crippen LogP contribution in [0.5, 0.6) is 0 Å². The van der Waals surface area contributed by atoms with Crippen LogP contribution in [0, 0.1) is 12.7 Å². The highest BCUT2D eigenvalue weighted by Gasteiger charge is 2.20. The minimum absolute atomic E-state index is 0.343. The smallest absolute Gasteiger partial charge is 0.148 e. The van der Waals surface area contributed by atoms with E-state index < -0.39 is 15.7 Å². The fourth-order valence-electron chi connectivity index (χ4n) is 1.89. The van der Waals surface area contributed by atoms with Gasteiger partial charge in [-0.15, -0.1) is 0 Å². The third-order valence-electron chi connectivity index (χ3n) is 3.13. The Morgan fingerprint density at radius 1 is 1.32 bits per heavy atom. The molecule has 0 N–H and O–H groups in total. The lowest BCUT2D eigenvalue weighted by Crippen LogP contribution is -2.20. The van der Waals surface area contributed by atoms with Gasteiger partial charge in [0.05, 0.1) is 16.2 Å². The number of aromatic nitrogens is 2. The molecule has 4 nitrogen and oxygen atoms in total. The van der Waals surface area contributed by atoms with Crippen molar-refractivity contribution in [2.24, 2.45) is 4.40 Å². The van der Waals surface area contributed by atoms with E-state index in [1.165, 1.54) is 10.7 Å². The molecule has 0 aliphatic carbocycles. The summed E-state index contributed by atoms with van der Waals surface area (Å²) in [6.07, 6.45) is 1.71. The van der Waals surface area contributed by atoms with Gasteiger partial charge < -0.3 is 0 Å². The average molecular weight is 321 g/mol. The second kappa shape index (κ2) is 6.12. The van der Waals surface area contributed by atoms with E-state index in [1.54, 1.807) is 31.3 Å². The number of halogens is 1. The summed E-state index contributed by atoms with van der Waals surface area (Å²) in [4.78, 5) is 0. The quantitative estimate of drug-likeness (QED) is 0.811. The first-order chi connectivity index (χ1) is 10.2. The summed E-state index contributed by atoms with van der Waals surface area (Å²) in [6, 6.07) is 6.44. The predicted octanol–water partition coefficient (Wildman–Crippen LogP) is 3.59. The molecule has 1 heterocycles. The molecule has 1 aromatic carbocycles. The van der Waals surface area contributed by atoms with Gasteiger partial charge in [0.25, 0.3) is 0 Å². The van der Waals surface area contributed by atoms with Crippen molar-refractivity contribution in [3.05, 3.63) is 47.5 Å². The molecule has 0 saturated heterocycles. The summed E-state index contributed by atoms with van der Waals surface area (Å²) in [5.74, 6) is -0.343. The van der Waals surface area contributed by atoms with Gasteiger partial charge in [0, 0.05) is 11.8 Å². The summed E-state index contributed by atoms with van der Waals surface area (Å²) in [5.41, 5.74) is 2.49. The molecule has 2 rings (SSSR count). The van der Waals surface area contributed by atoms with E-state index in [9.17, 15) is 8.60 Å². The zero-order valence-electron chi connectivity index (χ0n) is 13.4. The Balaban J connectivity index is 2.41. The molecule has 0 bridgehead atoms. The lowest BCUT2D eigenvalue weighted by atomic mass is 10.2. The Hall–Kier alpha value is -1.82. The second-order valence-corrected chi connectivity index (χ2v) is 7.97.